The van der Waals surface area contributed by atoms with Crippen molar-refractivity contribution in [2.24, 2.45) is 11.8 Å². The van der Waals surface area contributed by atoms with Crippen LogP contribution in [-0.4, -0.2) is 26.1 Å². The second-order valence-corrected chi connectivity index (χ2v) is 4.88. The van der Waals surface area contributed by atoms with Crippen molar-refractivity contribution >= 4 is 11.6 Å². The number of anilines is 1. The van der Waals surface area contributed by atoms with Crippen LogP contribution in [0, 0.1) is 11.8 Å². The summed E-state index contributed by atoms with van der Waals surface area (Å²) in [5.74, 6) is 2.30. The Kier molecular flexibility index (Phi) is 4.20. The van der Waals surface area contributed by atoms with Crippen LogP contribution in [0.25, 0.3) is 0 Å². The Morgan fingerprint density at radius 2 is 2.28 bits per heavy atom. The summed E-state index contributed by atoms with van der Waals surface area (Å²) in [6.07, 6.45) is 1.28. The van der Waals surface area contributed by atoms with E-state index in [0.29, 0.717) is 6.54 Å². The zero-order valence-electron chi connectivity index (χ0n) is 10.9. The van der Waals surface area contributed by atoms with E-state index in [1.54, 1.807) is 13.2 Å². The van der Waals surface area contributed by atoms with Gasteiger partial charge in [-0.3, -0.25) is 4.79 Å². The lowest BCUT2D eigenvalue weighted by Crippen LogP contribution is -2.29. The maximum atomic E-state index is 11.7. The lowest BCUT2D eigenvalue weighted by molar-refractivity contribution is -0.115. The first-order valence-electron chi connectivity index (χ1n) is 6.33. The predicted molar refractivity (Wildman–Crippen MR) is 71.8 cm³/mol. The van der Waals surface area contributed by atoms with Gasteiger partial charge in [-0.2, -0.15) is 0 Å². The molecule has 98 valence electrons. The van der Waals surface area contributed by atoms with Crippen molar-refractivity contribution in [3.63, 3.8) is 0 Å². The number of hydrogen-bond acceptors (Lipinski definition) is 3. The van der Waals surface area contributed by atoms with Gasteiger partial charge < -0.3 is 15.4 Å². The summed E-state index contributed by atoms with van der Waals surface area (Å²) in [6, 6.07) is 7.36. The van der Waals surface area contributed by atoms with Gasteiger partial charge in [0, 0.05) is 11.8 Å². The molecule has 2 rings (SSSR count). The average Bonchev–Trinajstić information content (AvgIpc) is 3.05. The lowest BCUT2D eigenvalue weighted by Gasteiger charge is -2.07. The van der Waals surface area contributed by atoms with E-state index in [-0.39, 0.29) is 5.91 Å². The number of rotatable bonds is 6. The maximum absolute atomic E-state index is 11.7. The summed E-state index contributed by atoms with van der Waals surface area (Å²) < 4.78 is 5.10. The van der Waals surface area contributed by atoms with Crippen LogP contribution in [0.15, 0.2) is 24.3 Å². The highest BCUT2D eigenvalue weighted by molar-refractivity contribution is 5.92. The Balaban J connectivity index is 1.72. The fourth-order valence-corrected chi connectivity index (χ4v) is 1.96. The first-order chi connectivity index (χ1) is 8.69. The number of benzene rings is 1. The first kappa shape index (κ1) is 12.9. The van der Waals surface area contributed by atoms with Gasteiger partial charge in [-0.15, -0.1) is 0 Å². The quantitative estimate of drug-likeness (QED) is 0.808. The summed E-state index contributed by atoms with van der Waals surface area (Å²) >= 11 is 0. The van der Waals surface area contributed by atoms with E-state index in [1.807, 2.05) is 18.2 Å². The van der Waals surface area contributed by atoms with Crippen molar-refractivity contribution in [2.75, 3.05) is 25.5 Å². The monoisotopic (exact) mass is 248 g/mol. The molecule has 1 aliphatic rings. The van der Waals surface area contributed by atoms with Crippen molar-refractivity contribution in [2.45, 2.75) is 13.3 Å². The van der Waals surface area contributed by atoms with Gasteiger partial charge in [0.05, 0.1) is 13.7 Å². The van der Waals surface area contributed by atoms with Crippen LogP contribution in [0.5, 0.6) is 5.75 Å². The van der Waals surface area contributed by atoms with Gasteiger partial charge in [-0.1, -0.05) is 13.0 Å². The molecule has 4 heteroatoms. The number of hydrogen-bond donors (Lipinski definition) is 2. The van der Waals surface area contributed by atoms with Crippen LogP contribution in [0.4, 0.5) is 5.69 Å². The molecular weight excluding hydrogens is 228 g/mol. The third-order valence-electron chi connectivity index (χ3n) is 3.32. The molecule has 0 radical (unpaired) electrons. The second kappa shape index (κ2) is 5.87. The molecule has 0 spiro atoms. The molecule has 1 fully saturated rings. The van der Waals surface area contributed by atoms with E-state index in [4.69, 9.17) is 4.74 Å². The fourth-order valence-electron chi connectivity index (χ4n) is 1.96. The highest BCUT2D eigenvalue weighted by Gasteiger charge is 2.31. The highest BCUT2D eigenvalue weighted by Crippen LogP contribution is 2.36. The number of amides is 1. The molecule has 2 N–H and O–H groups in total. The second-order valence-electron chi connectivity index (χ2n) is 4.88. The molecule has 1 aliphatic carbocycles. The number of nitrogens with one attached hydrogen (secondary N) is 2. The third-order valence-corrected chi connectivity index (χ3v) is 3.32. The zero-order chi connectivity index (χ0) is 13.0. The zero-order valence-corrected chi connectivity index (χ0v) is 10.9. The van der Waals surface area contributed by atoms with Crippen LogP contribution < -0.4 is 15.4 Å². The lowest BCUT2D eigenvalue weighted by atomic mass is 10.3. The van der Waals surface area contributed by atoms with Crippen LogP contribution in [0.1, 0.15) is 13.3 Å². The Morgan fingerprint density at radius 3 is 2.94 bits per heavy atom. The Bertz CT molecular complexity index is 420. The van der Waals surface area contributed by atoms with Crippen molar-refractivity contribution in [1.82, 2.24) is 5.32 Å². The molecule has 18 heavy (non-hydrogen) atoms. The summed E-state index contributed by atoms with van der Waals surface area (Å²) in [5.41, 5.74) is 0.765. The predicted octanol–water partition coefficient (Wildman–Crippen LogP) is 1.88. The molecule has 0 bridgehead atoms. The Hall–Kier alpha value is -1.55. The van der Waals surface area contributed by atoms with Gasteiger partial charge in [0.25, 0.3) is 0 Å². The van der Waals surface area contributed by atoms with Crippen LogP contribution >= 0.6 is 0 Å². The number of carbonyl (C=O) groups excluding carboxylic acids is 1. The van der Waals surface area contributed by atoms with E-state index < -0.39 is 0 Å². The minimum Gasteiger partial charge on any atom is -0.497 e. The van der Waals surface area contributed by atoms with E-state index >= 15 is 0 Å². The van der Waals surface area contributed by atoms with Gasteiger partial charge in [-0.05, 0) is 36.9 Å². The SMILES string of the molecule is COc1cccc(NC(=O)CNCC2CC2C)c1. The molecule has 4 nitrogen and oxygen atoms in total. The number of ether oxygens (including phenoxy) is 1. The number of carbonyl (C=O) groups is 1. The molecule has 0 saturated heterocycles. The van der Waals surface area contributed by atoms with E-state index in [2.05, 4.69) is 17.6 Å². The molecule has 0 aromatic heterocycles. The minimum atomic E-state index is -0.0171. The molecule has 1 aromatic carbocycles. The molecule has 1 saturated carbocycles. The first-order valence-corrected chi connectivity index (χ1v) is 6.33. The minimum absolute atomic E-state index is 0.0171. The average molecular weight is 248 g/mol. The van der Waals surface area contributed by atoms with Crippen LogP contribution in [0.2, 0.25) is 0 Å². The molecule has 0 heterocycles. The van der Waals surface area contributed by atoms with Crippen molar-refractivity contribution < 1.29 is 9.53 Å². The molecular formula is C14H20N2O2. The van der Waals surface area contributed by atoms with Crippen molar-refractivity contribution in [1.29, 1.82) is 0 Å². The van der Waals surface area contributed by atoms with Crippen molar-refractivity contribution in [3.8, 4) is 5.75 Å². The van der Waals surface area contributed by atoms with Crippen LogP contribution in [-0.2, 0) is 4.79 Å². The van der Waals surface area contributed by atoms with Gasteiger partial charge in [0.2, 0.25) is 5.91 Å². The summed E-state index contributed by atoms with van der Waals surface area (Å²) in [7, 11) is 1.61. The molecule has 2 unspecified atom stereocenters. The third kappa shape index (κ3) is 3.74. The van der Waals surface area contributed by atoms with Gasteiger partial charge in [0.15, 0.2) is 0 Å². The van der Waals surface area contributed by atoms with E-state index in [1.165, 1.54) is 6.42 Å². The van der Waals surface area contributed by atoms with Gasteiger partial charge in [0.1, 0.15) is 5.75 Å². The van der Waals surface area contributed by atoms with Crippen LogP contribution in [0.3, 0.4) is 0 Å². The van der Waals surface area contributed by atoms with Crippen molar-refractivity contribution in [3.05, 3.63) is 24.3 Å². The topological polar surface area (TPSA) is 50.4 Å². The smallest absolute Gasteiger partial charge is 0.238 e. The standard InChI is InChI=1S/C14H20N2O2/c1-10-6-11(10)8-15-9-14(17)16-12-4-3-5-13(7-12)18-2/h3-5,7,10-11,15H,6,8-9H2,1-2H3,(H,16,17). The normalized spacial score (nSPS) is 21.4. The maximum Gasteiger partial charge on any atom is 0.238 e. The fraction of sp³-hybridized carbons (Fsp3) is 0.500. The summed E-state index contributed by atoms with van der Waals surface area (Å²) in [5, 5.41) is 6.02. The molecule has 1 amide bonds. The summed E-state index contributed by atoms with van der Waals surface area (Å²) in [4.78, 5) is 11.7. The molecule has 2 atom stereocenters. The highest BCUT2D eigenvalue weighted by atomic mass is 16.5. The largest absolute Gasteiger partial charge is 0.497 e. The van der Waals surface area contributed by atoms with Gasteiger partial charge in [-0.25, -0.2) is 0 Å². The van der Waals surface area contributed by atoms with E-state index in [0.717, 1.165) is 29.8 Å². The Labute approximate surface area is 108 Å². The molecule has 1 aromatic rings. The number of methoxy groups -OCH3 is 1. The molecule has 0 aliphatic heterocycles. The summed E-state index contributed by atoms with van der Waals surface area (Å²) in [6.45, 7) is 3.54. The Morgan fingerprint density at radius 1 is 1.50 bits per heavy atom. The van der Waals surface area contributed by atoms with Gasteiger partial charge >= 0.3 is 0 Å². The van der Waals surface area contributed by atoms with E-state index in [9.17, 15) is 4.79 Å².